The topological polar surface area (TPSA) is 58.6 Å². The molecule has 2 aromatic carbocycles. The zero-order valence-corrected chi connectivity index (χ0v) is 21.1. The van der Waals surface area contributed by atoms with Crippen molar-refractivity contribution >= 4 is 43.7 Å². The van der Waals surface area contributed by atoms with E-state index in [0.717, 1.165) is 20.1 Å². The molecule has 1 atom stereocenters. The second-order valence-electron chi connectivity index (χ2n) is 8.12. The Hall–Kier alpha value is -1.86. The number of carbonyl (C=O) groups is 2. The standard InChI is InChI=1S/C23H28Br2N2O3/c1-15(22(29)26-5)27(13-16-6-9-18(24)10-7-16)21(28)14-30-20-11-8-17(12-19(20)25)23(2,3)4/h6-12,15H,13-14H2,1-5H3,(H,26,29)/t15-/m0/s1. The number of likely N-dealkylation sites (N-methyl/N-ethyl adjacent to an activating group) is 1. The van der Waals surface area contributed by atoms with Crippen LogP contribution in [0.15, 0.2) is 51.4 Å². The van der Waals surface area contributed by atoms with Crippen LogP contribution in [-0.4, -0.2) is 36.4 Å². The lowest BCUT2D eigenvalue weighted by Crippen LogP contribution is -2.48. The van der Waals surface area contributed by atoms with Gasteiger partial charge < -0.3 is 15.0 Å². The van der Waals surface area contributed by atoms with Crippen LogP contribution in [0, 0.1) is 0 Å². The van der Waals surface area contributed by atoms with Gasteiger partial charge in [-0.2, -0.15) is 0 Å². The van der Waals surface area contributed by atoms with E-state index in [1.165, 1.54) is 4.90 Å². The average molecular weight is 540 g/mol. The SMILES string of the molecule is CNC(=O)[C@H](C)N(Cc1ccc(Br)cc1)C(=O)COc1ccc(C(C)(C)C)cc1Br. The molecule has 1 N–H and O–H groups in total. The summed E-state index contributed by atoms with van der Waals surface area (Å²) in [6, 6.07) is 12.9. The van der Waals surface area contributed by atoms with Crippen LogP contribution < -0.4 is 10.1 Å². The largest absolute Gasteiger partial charge is 0.483 e. The summed E-state index contributed by atoms with van der Waals surface area (Å²) in [6.07, 6.45) is 0. The number of amides is 2. The lowest BCUT2D eigenvalue weighted by molar-refractivity contribution is -0.142. The molecule has 0 aliphatic rings. The van der Waals surface area contributed by atoms with E-state index in [1.54, 1.807) is 14.0 Å². The Morgan fingerprint density at radius 2 is 1.73 bits per heavy atom. The monoisotopic (exact) mass is 538 g/mol. The Morgan fingerprint density at radius 3 is 2.27 bits per heavy atom. The zero-order chi connectivity index (χ0) is 22.5. The molecule has 0 fully saturated rings. The normalized spacial score (nSPS) is 12.2. The van der Waals surface area contributed by atoms with Crippen LogP contribution in [0.5, 0.6) is 5.75 Å². The predicted octanol–water partition coefficient (Wildman–Crippen LogP) is 5.05. The molecule has 7 heteroatoms. The van der Waals surface area contributed by atoms with Gasteiger partial charge >= 0.3 is 0 Å². The third-order valence-corrected chi connectivity index (χ3v) is 5.98. The third kappa shape index (κ3) is 6.57. The zero-order valence-electron chi connectivity index (χ0n) is 18.0. The van der Waals surface area contributed by atoms with Gasteiger partial charge in [0.05, 0.1) is 4.47 Å². The summed E-state index contributed by atoms with van der Waals surface area (Å²) >= 11 is 6.94. The van der Waals surface area contributed by atoms with E-state index in [-0.39, 0.29) is 23.8 Å². The van der Waals surface area contributed by atoms with Gasteiger partial charge in [-0.05, 0) is 63.7 Å². The molecule has 162 valence electrons. The van der Waals surface area contributed by atoms with Crippen molar-refractivity contribution in [1.29, 1.82) is 0 Å². The van der Waals surface area contributed by atoms with E-state index in [9.17, 15) is 9.59 Å². The van der Waals surface area contributed by atoms with Crippen molar-refractivity contribution in [2.45, 2.75) is 45.7 Å². The number of rotatable bonds is 7. The highest BCUT2D eigenvalue weighted by Gasteiger charge is 2.26. The van der Waals surface area contributed by atoms with E-state index < -0.39 is 6.04 Å². The van der Waals surface area contributed by atoms with Crippen molar-refractivity contribution in [3.8, 4) is 5.75 Å². The number of benzene rings is 2. The summed E-state index contributed by atoms with van der Waals surface area (Å²) in [4.78, 5) is 26.7. The molecule has 0 aliphatic carbocycles. The number of nitrogens with zero attached hydrogens (tertiary/aromatic N) is 1. The summed E-state index contributed by atoms with van der Waals surface area (Å²) in [6.45, 7) is 8.28. The Morgan fingerprint density at radius 1 is 1.10 bits per heavy atom. The molecule has 0 radical (unpaired) electrons. The van der Waals surface area contributed by atoms with Crippen molar-refractivity contribution in [1.82, 2.24) is 10.2 Å². The summed E-state index contributed by atoms with van der Waals surface area (Å²) in [7, 11) is 1.56. The van der Waals surface area contributed by atoms with Gasteiger partial charge in [0.1, 0.15) is 11.8 Å². The molecule has 2 aromatic rings. The van der Waals surface area contributed by atoms with Crippen LogP contribution in [0.2, 0.25) is 0 Å². The van der Waals surface area contributed by atoms with Crippen LogP contribution in [0.3, 0.4) is 0 Å². The molecule has 2 rings (SSSR count). The number of halogens is 2. The number of hydrogen-bond donors (Lipinski definition) is 1. The summed E-state index contributed by atoms with van der Waals surface area (Å²) in [5.74, 6) is 0.101. The highest BCUT2D eigenvalue weighted by atomic mass is 79.9. The van der Waals surface area contributed by atoms with Crippen LogP contribution in [0.25, 0.3) is 0 Å². The maximum absolute atomic E-state index is 13.0. The molecular weight excluding hydrogens is 512 g/mol. The maximum atomic E-state index is 13.0. The van der Waals surface area contributed by atoms with Gasteiger partial charge in [0.2, 0.25) is 5.91 Å². The first kappa shape index (κ1) is 24.4. The van der Waals surface area contributed by atoms with E-state index in [1.807, 2.05) is 42.5 Å². The first-order valence-electron chi connectivity index (χ1n) is 9.71. The molecule has 0 unspecified atom stereocenters. The highest BCUT2D eigenvalue weighted by molar-refractivity contribution is 9.10. The van der Waals surface area contributed by atoms with Crippen molar-refractivity contribution < 1.29 is 14.3 Å². The average Bonchev–Trinajstić information content (AvgIpc) is 2.70. The number of carbonyl (C=O) groups excluding carboxylic acids is 2. The lowest BCUT2D eigenvalue weighted by atomic mass is 9.87. The number of nitrogens with one attached hydrogen (secondary N) is 1. The third-order valence-electron chi connectivity index (χ3n) is 4.83. The first-order valence-corrected chi connectivity index (χ1v) is 11.3. The quantitative estimate of drug-likeness (QED) is 0.535. The molecule has 0 saturated carbocycles. The van der Waals surface area contributed by atoms with Gasteiger partial charge in [0, 0.05) is 18.1 Å². The predicted molar refractivity (Wildman–Crippen MR) is 127 cm³/mol. The molecule has 2 amide bonds. The molecule has 0 aliphatic heterocycles. The van der Waals surface area contributed by atoms with Crippen LogP contribution in [0.4, 0.5) is 0 Å². The number of hydrogen-bond acceptors (Lipinski definition) is 3. The van der Waals surface area contributed by atoms with Crippen LogP contribution in [-0.2, 0) is 21.5 Å². The molecule has 0 aromatic heterocycles. The summed E-state index contributed by atoms with van der Waals surface area (Å²) in [5.41, 5.74) is 2.11. The Bertz CT molecular complexity index is 892. The lowest BCUT2D eigenvalue weighted by Gasteiger charge is -2.28. The van der Waals surface area contributed by atoms with Gasteiger partial charge in [-0.25, -0.2) is 0 Å². The van der Waals surface area contributed by atoms with E-state index in [4.69, 9.17) is 4.74 Å². The molecule has 30 heavy (non-hydrogen) atoms. The van der Waals surface area contributed by atoms with Crippen molar-refractivity contribution in [3.05, 3.63) is 62.5 Å². The molecule has 5 nitrogen and oxygen atoms in total. The minimum Gasteiger partial charge on any atom is -0.483 e. The fourth-order valence-electron chi connectivity index (χ4n) is 2.88. The Kier molecular flexibility index (Phi) is 8.50. The molecule has 0 bridgehead atoms. The molecule has 0 heterocycles. The van der Waals surface area contributed by atoms with Crippen LogP contribution in [0.1, 0.15) is 38.8 Å². The van der Waals surface area contributed by atoms with Crippen molar-refractivity contribution in [2.24, 2.45) is 0 Å². The van der Waals surface area contributed by atoms with Gasteiger partial charge in [-0.15, -0.1) is 0 Å². The van der Waals surface area contributed by atoms with E-state index in [2.05, 4.69) is 57.9 Å². The highest BCUT2D eigenvalue weighted by Crippen LogP contribution is 2.31. The maximum Gasteiger partial charge on any atom is 0.261 e. The smallest absolute Gasteiger partial charge is 0.261 e. The summed E-state index contributed by atoms with van der Waals surface area (Å²) < 4.78 is 7.54. The molecule has 0 saturated heterocycles. The number of ether oxygens (including phenoxy) is 1. The first-order chi connectivity index (χ1) is 14.0. The fourth-order valence-corrected chi connectivity index (χ4v) is 3.64. The van der Waals surface area contributed by atoms with E-state index in [0.29, 0.717) is 12.3 Å². The minimum atomic E-state index is -0.624. The second kappa shape index (κ2) is 10.4. The van der Waals surface area contributed by atoms with Crippen molar-refractivity contribution in [3.63, 3.8) is 0 Å². The van der Waals surface area contributed by atoms with Gasteiger partial charge in [0.25, 0.3) is 5.91 Å². The van der Waals surface area contributed by atoms with Crippen molar-refractivity contribution in [2.75, 3.05) is 13.7 Å². The molecule has 0 spiro atoms. The Balaban J connectivity index is 2.15. The molecular formula is C23H28Br2N2O3. The fraction of sp³-hybridized carbons (Fsp3) is 0.391. The minimum absolute atomic E-state index is 0.0152. The van der Waals surface area contributed by atoms with Gasteiger partial charge in [-0.1, -0.05) is 54.9 Å². The second-order valence-corrected chi connectivity index (χ2v) is 9.89. The van der Waals surface area contributed by atoms with Gasteiger partial charge in [-0.3, -0.25) is 9.59 Å². The Labute approximate surface area is 195 Å². The van der Waals surface area contributed by atoms with E-state index >= 15 is 0 Å². The van der Waals surface area contributed by atoms with Gasteiger partial charge in [0.15, 0.2) is 6.61 Å². The summed E-state index contributed by atoms with van der Waals surface area (Å²) in [5, 5.41) is 2.61. The van der Waals surface area contributed by atoms with Crippen LogP contribution >= 0.6 is 31.9 Å².